The van der Waals surface area contributed by atoms with Crippen molar-refractivity contribution >= 4 is 5.91 Å². The van der Waals surface area contributed by atoms with Gasteiger partial charge in [0.05, 0.1) is 18.1 Å². The lowest BCUT2D eigenvalue weighted by Gasteiger charge is -2.23. The van der Waals surface area contributed by atoms with E-state index in [0.717, 1.165) is 25.1 Å². The van der Waals surface area contributed by atoms with Crippen LogP contribution in [0.25, 0.3) is 0 Å². The summed E-state index contributed by atoms with van der Waals surface area (Å²) >= 11 is 0. The second-order valence-corrected chi connectivity index (χ2v) is 5.87. The lowest BCUT2D eigenvalue weighted by molar-refractivity contribution is -0.131. The van der Waals surface area contributed by atoms with Crippen molar-refractivity contribution in [3.8, 4) is 0 Å². The number of hydrogen-bond donors (Lipinski definition) is 1. The molecule has 1 unspecified atom stereocenters. The third kappa shape index (κ3) is 4.96. The van der Waals surface area contributed by atoms with Crippen LogP contribution < -0.4 is 5.32 Å². The molecule has 114 valence electrons. The summed E-state index contributed by atoms with van der Waals surface area (Å²) in [5.41, 5.74) is 1.13. The van der Waals surface area contributed by atoms with Crippen LogP contribution in [0, 0.1) is 5.92 Å². The molecule has 0 fully saturated rings. The Balaban J connectivity index is 2.65. The van der Waals surface area contributed by atoms with Crippen LogP contribution in [0.1, 0.15) is 39.3 Å². The molecule has 0 aliphatic rings. The van der Waals surface area contributed by atoms with Gasteiger partial charge in [-0.05, 0) is 18.8 Å². The molecule has 0 aliphatic carbocycles. The molecule has 1 aromatic rings. The Morgan fingerprint density at radius 1 is 1.45 bits per heavy atom. The predicted molar refractivity (Wildman–Crippen MR) is 81.3 cm³/mol. The number of carbonyl (C=O) groups excluding carboxylic acids is 1. The third-order valence-corrected chi connectivity index (χ3v) is 3.24. The van der Waals surface area contributed by atoms with Gasteiger partial charge in [-0.15, -0.1) is 0 Å². The Labute approximate surface area is 122 Å². The summed E-state index contributed by atoms with van der Waals surface area (Å²) < 4.78 is 2.14. The van der Waals surface area contributed by atoms with E-state index in [1.807, 2.05) is 12.5 Å². The second kappa shape index (κ2) is 8.04. The molecule has 20 heavy (non-hydrogen) atoms. The maximum Gasteiger partial charge on any atom is 0.239 e. The molecule has 0 saturated heterocycles. The minimum atomic E-state index is -0.130. The molecule has 1 atom stereocenters. The third-order valence-electron chi connectivity index (χ3n) is 3.24. The molecule has 1 aromatic heterocycles. The van der Waals surface area contributed by atoms with E-state index in [9.17, 15) is 4.79 Å². The SMILES string of the molecule is CCCn1cncc1CNC(CC(C)C)C(=O)N(C)C. The van der Waals surface area contributed by atoms with Crippen molar-refractivity contribution in [2.24, 2.45) is 5.92 Å². The van der Waals surface area contributed by atoms with Gasteiger partial charge in [-0.1, -0.05) is 20.8 Å². The van der Waals surface area contributed by atoms with Crippen molar-refractivity contribution < 1.29 is 4.79 Å². The molecule has 1 N–H and O–H groups in total. The first-order valence-electron chi connectivity index (χ1n) is 7.39. The normalized spacial score (nSPS) is 12.7. The fraction of sp³-hybridized carbons (Fsp3) is 0.733. The van der Waals surface area contributed by atoms with Crippen LogP contribution in [-0.4, -0.2) is 40.5 Å². The molecular weight excluding hydrogens is 252 g/mol. The monoisotopic (exact) mass is 280 g/mol. The molecule has 0 bridgehead atoms. The highest BCUT2D eigenvalue weighted by atomic mass is 16.2. The molecule has 1 amide bonds. The van der Waals surface area contributed by atoms with Crippen molar-refractivity contribution in [2.45, 2.75) is 52.7 Å². The Morgan fingerprint density at radius 2 is 2.15 bits per heavy atom. The van der Waals surface area contributed by atoms with Crippen LogP contribution in [0.15, 0.2) is 12.5 Å². The Morgan fingerprint density at radius 3 is 2.70 bits per heavy atom. The lowest BCUT2D eigenvalue weighted by Crippen LogP contribution is -2.44. The van der Waals surface area contributed by atoms with Gasteiger partial charge in [-0.2, -0.15) is 0 Å². The van der Waals surface area contributed by atoms with Crippen molar-refractivity contribution in [3.05, 3.63) is 18.2 Å². The summed E-state index contributed by atoms with van der Waals surface area (Å²) in [5.74, 6) is 0.622. The molecule has 0 saturated carbocycles. The quantitative estimate of drug-likeness (QED) is 0.791. The van der Waals surface area contributed by atoms with Crippen LogP contribution in [0.5, 0.6) is 0 Å². The van der Waals surface area contributed by atoms with Crippen molar-refractivity contribution in [2.75, 3.05) is 14.1 Å². The van der Waals surface area contributed by atoms with Gasteiger partial charge in [-0.3, -0.25) is 4.79 Å². The topological polar surface area (TPSA) is 50.2 Å². The van der Waals surface area contributed by atoms with E-state index in [4.69, 9.17) is 0 Å². The zero-order chi connectivity index (χ0) is 15.1. The van der Waals surface area contributed by atoms with E-state index < -0.39 is 0 Å². The van der Waals surface area contributed by atoms with Gasteiger partial charge < -0.3 is 14.8 Å². The average Bonchev–Trinajstić information content (AvgIpc) is 2.81. The van der Waals surface area contributed by atoms with E-state index in [2.05, 4.69) is 35.6 Å². The molecule has 0 aliphatic heterocycles. The first-order valence-corrected chi connectivity index (χ1v) is 7.39. The fourth-order valence-electron chi connectivity index (χ4n) is 2.22. The number of nitrogens with one attached hydrogen (secondary N) is 1. The summed E-state index contributed by atoms with van der Waals surface area (Å²) in [4.78, 5) is 18.0. The van der Waals surface area contributed by atoms with E-state index in [-0.39, 0.29) is 11.9 Å². The summed E-state index contributed by atoms with van der Waals surface area (Å²) in [6.07, 6.45) is 5.65. The highest BCUT2D eigenvalue weighted by Gasteiger charge is 2.21. The second-order valence-electron chi connectivity index (χ2n) is 5.87. The van der Waals surface area contributed by atoms with Crippen molar-refractivity contribution in [1.29, 1.82) is 0 Å². The average molecular weight is 280 g/mol. The predicted octanol–water partition coefficient (Wildman–Crippen LogP) is 1.89. The standard InChI is InChI=1S/C15H28N4O/c1-6-7-19-11-16-9-13(19)10-17-14(8-12(2)3)15(20)18(4)5/h9,11-12,14,17H,6-8,10H2,1-5H3. The molecule has 1 rings (SSSR count). The lowest BCUT2D eigenvalue weighted by atomic mass is 10.0. The van der Waals surface area contributed by atoms with E-state index >= 15 is 0 Å². The largest absolute Gasteiger partial charge is 0.347 e. The smallest absolute Gasteiger partial charge is 0.239 e. The summed E-state index contributed by atoms with van der Waals surface area (Å²) in [5, 5.41) is 3.38. The van der Waals surface area contributed by atoms with Gasteiger partial charge in [0.1, 0.15) is 0 Å². The highest BCUT2D eigenvalue weighted by Crippen LogP contribution is 2.08. The van der Waals surface area contributed by atoms with Crippen LogP contribution in [0.2, 0.25) is 0 Å². The van der Waals surface area contributed by atoms with Gasteiger partial charge in [0.2, 0.25) is 5.91 Å². The van der Waals surface area contributed by atoms with Gasteiger partial charge in [0.15, 0.2) is 0 Å². The van der Waals surface area contributed by atoms with Gasteiger partial charge in [0, 0.05) is 33.4 Å². The number of hydrogen-bond acceptors (Lipinski definition) is 3. The van der Waals surface area contributed by atoms with E-state index in [1.54, 1.807) is 19.0 Å². The summed E-state index contributed by atoms with van der Waals surface area (Å²) in [7, 11) is 3.61. The minimum Gasteiger partial charge on any atom is -0.347 e. The van der Waals surface area contributed by atoms with E-state index in [1.165, 1.54) is 0 Å². The van der Waals surface area contributed by atoms with Crippen molar-refractivity contribution in [3.63, 3.8) is 0 Å². The number of imidazole rings is 1. The van der Waals surface area contributed by atoms with Gasteiger partial charge in [-0.25, -0.2) is 4.98 Å². The molecule has 0 spiro atoms. The molecule has 1 heterocycles. The molecule has 5 heteroatoms. The van der Waals surface area contributed by atoms with Crippen molar-refractivity contribution in [1.82, 2.24) is 19.8 Å². The Hall–Kier alpha value is -1.36. The summed E-state index contributed by atoms with van der Waals surface area (Å²) in [6.45, 7) is 8.07. The molecule has 5 nitrogen and oxygen atoms in total. The number of amides is 1. The van der Waals surface area contributed by atoms with Crippen LogP contribution in [0.3, 0.4) is 0 Å². The first-order chi connectivity index (χ1) is 9.45. The minimum absolute atomic E-state index is 0.130. The number of carbonyl (C=O) groups is 1. The zero-order valence-corrected chi connectivity index (χ0v) is 13.4. The number of aryl methyl sites for hydroxylation is 1. The Kier molecular flexibility index (Phi) is 6.71. The number of likely N-dealkylation sites (N-methyl/N-ethyl adjacent to an activating group) is 1. The zero-order valence-electron chi connectivity index (χ0n) is 13.4. The van der Waals surface area contributed by atoms with Gasteiger partial charge >= 0.3 is 0 Å². The van der Waals surface area contributed by atoms with Crippen LogP contribution in [-0.2, 0) is 17.9 Å². The number of rotatable bonds is 8. The first kappa shape index (κ1) is 16.7. The number of aromatic nitrogens is 2. The number of nitrogens with zero attached hydrogens (tertiary/aromatic N) is 3. The fourth-order valence-corrected chi connectivity index (χ4v) is 2.22. The maximum absolute atomic E-state index is 12.2. The summed E-state index contributed by atoms with van der Waals surface area (Å²) in [6, 6.07) is -0.130. The molecular formula is C15H28N4O. The van der Waals surface area contributed by atoms with Gasteiger partial charge in [0.25, 0.3) is 0 Å². The molecule has 0 radical (unpaired) electrons. The van der Waals surface area contributed by atoms with Crippen LogP contribution in [0.4, 0.5) is 0 Å². The van der Waals surface area contributed by atoms with Crippen LogP contribution >= 0.6 is 0 Å². The molecule has 0 aromatic carbocycles. The highest BCUT2D eigenvalue weighted by molar-refractivity contribution is 5.81. The Bertz CT molecular complexity index is 412. The maximum atomic E-state index is 12.2. The van der Waals surface area contributed by atoms with E-state index in [0.29, 0.717) is 12.5 Å².